The van der Waals surface area contributed by atoms with Gasteiger partial charge in [0.25, 0.3) is 0 Å². The highest BCUT2D eigenvalue weighted by Crippen LogP contribution is 2.20. The van der Waals surface area contributed by atoms with Crippen LogP contribution in [0.2, 0.25) is 0 Å². The Bertz CT molecular complexity index is 186. The Balaban J connectivity index is 2.67. The summed E-state index contributed by atoms with van der Waals surface area (Å²) in [5.74, 6) is 1.87. The first-order valence-electron chi connectivity index (χ1n) is 4.79. The number of carbonyl (C=O) groups excluding carboxylic acids is 1. The summed E-state index contributed by atoms with van der Waals surface area (Å²) >= 11 is 1.70. The highest BCUT2D eigenvalue weighted by atomic mass is 32.2. The van der Waals surface area contributed by atoms with Gasteiger partial charge < -0.3 is 10.6 Å². The van der Waals surface area contributed by atoms with Crippen LogP contribution in [0.3, 0.4) is 0 Å². The molecule has 2 N–H and O–H groups in total. The van der Waals surface area contributed by atoms with E-state index in [0.717, 1.165) is 12.2 Å². The van der Waals surface area contributed by atoms with Gasteiger partial charge in [-0.1, -0.05) is 6.92 Å². The van der Waals surface area contributed by atoms with Crippen LogP contribution in [0.5, 0.6) is 0 Å². The third kappa shape index (κ3) is 2.38. The third-order valence-corrected chi connectivity index (χ3v) is 3.63. The highest BCUT2D eigenvalue weighted by Gasteiger charge is 2.30. The fourth-order valence-electron chi connectivity index (χ4n) is 1.62. The Morgan fingerprint density at radius 2 is 2.46 bits per heavy atom. The first kappa shape index (κ1) is 10.9. The van der Waals surface area contributed by atoms with Gasteiger partial charge in [-0.3, -0.25) is 4.79 Å². The van der Waals surface area contributed by atoms with Gasteiger partial charge in [0, 0.05) is 18.3 Å². The molecule has 3 nitrogen and oxygen atoms in total. The van der Waals surface area contributed by atoms with Gasteiger partial charge in [-0.2, -0.15) is 0 Å². The lowest BCUT2D eigenvalue weighted by molar-refractivity contribution is -0.132. The molecular formula is C9H18N2OS. The maximum atomic E-state index is 11.6. The topological polar surface area (TPSA) is 46.3 Å². The predicted molar refractivity (Wildman–Crippen MR) is 56.8 cm³/mol. The largest absolute Gasteiger partial charge is 0.334 e. The van der Waals surface area contributed by atoms with Crippen molar-refractivity contribution in [3.63, 3.8) is 0 Å². The van der Waals surface area contributed by atoms with E-state index in [2.05, 4.69) is 13.8 Å². The molecule has 1 rings (SSSR count). The van der Waals surface area contributed by atoms with E-state index < -0.39 is 0 Å². The highest BCUT2D eigenvalue weighted by molar-refractivity contribution is 8.00. The maximum Gasteiger partial charge on any atom is 0.233 e. The molecule has 0 aromatic heterocycles. The molecule has 1 fully saturated rings. The number of carbonyl (C=O) groups is 1. The lowest BCUT2D eigenvalue weighted by atomic mass is 10.1. The van der Waals surface area contributed by atoms with Crippen LogP contribution in [0.25, 0.3) is 0 Å². The zero-order chi connectivity index (χ0) is 9.84. The molecule has 0 saturated carbocycles. The first-order chi connectivity index (χ1) is 6.20. The van der Waals surface area contributed by atoms with Gasteiger partial charge in [0.2, 0.25) is 5.91 Å². The third-order valence-electron chi connectivity index (χ3n) is 2.55. The van der Waals surface area contributed by atoms with E-state index in [1.807, 2.05) is 4.90 Å². The molecule has 1 amide bonds. The number of hydrogen-bond donors (Lipinski definition) is 1. The second-order valence-corrected chi connectivity index (χ2v) is 4.49. The summed E-state index contributed by atoms with van der Waals surface area (Å²) in [5.41, 5.74) is 5.64. The van der Waals surface area contributed by atoms with Crippen LogP contribution in [0.4, 0.5) is 0 Å². The van der Waals surface area contributed by atoms with Crippen molar-refractivity contribution < 1.29 is 4.79 Å². The van der Waals surface area contributed by atoms with Gasteiger partial charge in [-0.25, -0.2) is 0 Å². The average molecular weight is 202 g/mol. The lowest BCUT2D eigenvalue weighted by Crippen LogP contribution is -2.53. The fraction of sp³-hybridized carbons (Fsp3) is 0.889. The van der Waals surface area contributed by atoms with Gasteiger partial charge in [0.15, 0.2) is 0 Å². The van der Waals surface area contributed by atoms with Crippen LogP contribution in [0.1, 0.15) is 20.3 Å². The van der Waals surface area contributed by atoms with E-state index in [1.54, 1.807) is 11.8 Å². The van der Waals surface area contributed by atoms with Crippen molar-refractivity contribution in [1.29, 1.82) is 0 Å². The van der Waals surface area contributed by atoms with Crippen LogP contribution < -0.4 is 5.73 Å². The predicted octanol–water partition coefficient (Wildman–Crippen LogP) is 0.688. The van der Waals surface area contributed by atoms with E-state index in [1.165, 1.54) is 0 Å². The van der Waals surface area contributed by atoms with Crippen LogP contribution in [0, 0.1) is 0 Å². The first-order valence-corrected chi connectivity index (χ1v) is 5.95. The SMILES string of the molecule is CCC(C)N1C(=O)CSCC1CN. The standard InChI is InChI=1S/C9H18N2OS/c1-3-7(2)11-8(4-10)5-13-6-9(11)12/h7-8H,3-6,10H2,1-2H3. The molecule has 0 spiro atoms. The minimum atomic E-state index is 0.251. The molecule has 0 aromatic rings. The zero-order valence-electron chi connectivity index (χ0n) is 8.32. The number of nitrogens with zero attached hydrogens (tertiary/aromatic N) is 1. The summed E-state index contributed by atoms with van der Waals surface area (Å²) in [6.07, 6.45) is 1.01. The maximum absolute atomic E-state index is 11.6. The summed E-state index contributed by atoms with van der Waals surface area (Å²) in [6, 6.07) is 0.586. The normalized spacial score (nSPS) is 26.2. The van der Waals surface area contributed by atoms with E-state index >= 15 is 0 Å². The van der Waals surface area contributed by atoms with Crippen LogP contribution in [-0.4, -0.2) is 40.9 Å². The Hall–Kier alpha value is -0.220. The van der Waals surface area contributed by atoms with E-state index in [-0.39, 0.29) is 11.9 Å². The minimum absolute atomic E-state index is 0.251. The molecule has 0 aliphatic carbocycles. The van der Waals surface area contributed by atoms with Crippen molar-refractivity contribution in [2.24, 2.45) is 5.73 Å². The van der Waals surface area contributed by atoms with Crippen molar-refractivity contribution in [2.45, 2.75) is 32.4 Å². The minimum Gasteiger partial charge on any atom is -0.334 e. The van der Waals surface area contributed by atoms with E-state index in [0.29, 0.717) is 18.3 Å². The number of amides is 1. The molecule has 4 heteroatoms. The van der Waals surface area contributed by atoms with Crippen LogP contribution in [-0.2, 0) is 4.79 Å². The number of thioether (sulfide) groups is 1. The molecule has 0 aromatic carbocycles. The van der Waals surface area contributed by atoms with Gasteiger partial charge in [-0.15, -0.1) is 11.8 Å². The summed E-state index contributed by atoms with van der Waals surface area (Å²) in [5, 5.41) is 0. The molecule has 2 unspecified atom stereocenters. The van der Waals surface area contributed by atoms with Crippen molar-refractivity contribution in [3.8, 4) is 0 Å². The van der Waals surface area contributed by atoms with E-state index in [4.69, 9.17) is 5.73 Å². The number of hydrogen-bond acceptors (Lipinski definition) is 3. The summed E-state index contributed by atoms with van der Waals surface area (Å²) < 4.78 is 0. The molecule has 1 heterocycles. The Morgan fingerprint density at radius 3 is 3.00 bits per heavy atom. The van der Waals surface area contributed by atoms with Gasteiger partial charge in [0.1, 0.15) is 0 Å². The van der Waals surface area contributed by atoms with Crippen molar-refractivity contribution in [1.82, 2.24) is 4.90 Å². The monoisotopic (exact) mass is 202 g/mol. The summed E-state index contributed by atoms with van der Waals surface area (Å²) in [7, 11) is 0. The molecule has 1 aliphatic rings. The quantitative estimate of drug-likeness (QED) is 0.732. The zero-order valence-corrected chi connectivity index (χ0v) is 9.14. The smallest absolute Gasteiger partial charge is 0.233 e. The van der Waals surface area contributed by atoms with Gasteiger partial charge >= 0.3 is 0 Å². The molecule has 0 bridgehead atoms. The Morgan fingerprint density at radius 1 is 1.77 bits per heavy atom. The van der Waals surface area contributed by atoms with Gasteiger partial charge in [0.05, 0.1) is 11.8 Å². The summed E-state index contributed by atoms with van der Waals surface area (Å²) in [4.78, 5) is 13.6. The summed E-state index contributed by atoms with van der Waals surface area (Å²) in [6.45, 7) is 4.78. The van der Waals surface area contributed by atoms with Crippen LogP contribution in [0.15, 0.2) is 0 Å². The second-order valence-electron chi connectivity index (χ2n) is 3.46. The Kier molecular flexibility index (Phi) is 4.06. The van der Waals surface area contributed by atoms with Crippen LogP contribution >= 0.6 is 11.8 Å². The molecule has 76 valence electrons. The number of rotatable bonds is 3. The molecule has 1 saturated heterocycles. The van der Waals surface area contributed by atoms with E-state index in [9.17, 15) is 4.79 Å². The molecule has 2 atom stereocenters. The second kappa shape index (κ2) is 4.86. The average Bonchev–Trinajstić information content (AvgIpc) is 2.16. The number of nitrogens with two attached hydrogens (primary N) is 1. The molecule has 13 heavy (non-hydrogen) atoms. The van der Waals surface area contributed by atoms with Crippen molar-refractivity contribution in [3.05, 3.63) is 0 Å². The molecular weight excluding hydrogens is 184 g/mol. The lowest BCUT2D eigenvalue weighted by Gasteiger charge is -2.38. The Labute approximate surface area is 84.0 Å². The van der Waals surface area contributed by atoms with Gasteiger partial charge in [-0.05, 0) is 13.3 Å². The fourth-order valence-corrected chi connectivity index (χ4v) is 2.64. The molecule has 1 aliphatic heterocycles. The van der Waals surface area contributed by atoms with Crippen molar-refractivity contribution in [2.75, 3.05) is 18.1 Å². The van der Waals surface area contributed by atoms with Crippen molar-refractivity contribution >= 4 is 17.7 Å². The molecule has 0 radical (unpaired) electrons.